The minimum Gasteiger partial charge on any atom is -0.508 e. The standard InChI is InChI=1S/C23H28O10/c24-15-5-1-13(2-6-15)3-8-19(27)32-12-18-20(28)21(29)22(30)23(33-18)31-10-9-17(26)14-4-7-16(25)11-14/h1-8,14,17-18,20-24,26,28-30H,9-12H2/b8-3-/t14-,17+,18-,20-,21+,22-,23-/m1/s1. The molecule has 0 bridgehead atoms. The summed E-state index contributed by atoms with van der Waals surface area (Å²) in [6.07, 6.45) is -1.87. The normalized spacial score (nSPS) is 30.6. The van der Waals surface area contributed by atoms with Gasteiger partial charge < -0.3 is 39.7 Å². The maximum Gasteiger partial charge on any atom is 0.330 e. The number of aliphatic hydroxyl groups excluding tert-OH is 4. The van der Waals surface area contributed by atoms with Gasteiger partial charge in [-0.05, 0) is 36.3 Å². The lowest BCUT2D eigenvalue weighted by Crippen LogP contribution is -2.59. The van der Waals surface area contributed by atoms with Crippen LogP contribution in [0.15, 0.2) is 42.5 Å². The Kier molecular flexibility index (Phi) is 8.73. The van der Waals surface area contributed by atoms with Crippen LogP contribution in [0, 0.1) is 5.92 Å². The monoisotopic (exact) mass is 464 g/mol. The summed E-state index contributed by atoms with van der Waals surface area (Å²) in [4.78, 5) is 23.2. The second kappa shape index (κ2) is 11.5. The number of phenols is 1. The molecule has 10 nitrogen and oxygen atoms in total. The molecule has 1 saturated heterocycles. The molecule has 1 fully saturated rings. The summed E-state index contributed by atoms with van der Waals surface area (Å²) in [5.41, 5.74) is 0.658. The summed E-state index contributed by atoms with van der Waals surface area (Å²) < 4.78 is 16.0. The average molecular weight is 464 g/mol. The van der Waals surface area contributed by atoms with E-state index in [2.05, 4.69) is 0 Å². The third-order valence-electron chi connectivity index (χ3n) is 5.52. The van der Waals surface area contributed by atoms with Crippen molar-refractivity contribution < 1.29 is 49.3 Å². The van der Waals surface area contributed by atoms with Gasteiger partial charge in [0.1, 0.15) is 36.8 Å². The Morgan fingerprint density at radius 1 is 1.15 bits per heavy atom. The SMILES string of the molecule is O=C1C=C[C@@H]([C@@H](O)CCO[C@@H]2O[C@H](COC(=O)/C=C\c3ccc(O)cc3)[C@@H](O)[C@H](O)[C@H]2O)C1. The molecule has 1 aliphatic heterocycles. The number of esters is 1. The number of ketones is 1. The first kappa shape index (κ1) is 25.0. The highest BCUT2D eigenvalue weighted by atomic mass is 16.7. The quantitative estimate of drug-likeness (QED) is 0.241. The summed E-state index contributed by atoms with van der Waals surface area (Å²) >= 11 is 0. The average Bonchev–Trinajstić information content (AvgIpc) is 3.24. The number of carbonyl (C=O) groups is 2. The number of allylic oxidation sites excluding steroid dienone is 1. The van der Waals surface area contributed by atoms with Crippen LogP contribution in [0.25, 0.3) is 6.08 Å². The summed E-state index contributed by atoms with van der Waals surface area (Å²) in [7, 11) is 0. The van der Waals surface area contributed by atoms with Crippen LogP contribution in [0.3, 0.4) is 0 Å². The Labute approximate surface area is 190 Å². The van der Waals surface area contributed by atoms with Crippen LogP contribution >= 0.6 is 0 Å². The van der Waals surface area contributed by atoms with Crippen molar-refractivity contribution in [2.45, 2.75) is 49.7 Å². The number of aliphatic hydroxyl groups is 4. The Morgan fingerprint density at radius 3 is 2.55 bits per heavy atom. The maximum atomic E-state index is 12.0. The number of ether oxygens (including phenoxy) is 3. The van der Waals surface area contributed by atoms with Gasteiger partial charge in [0.15, 0.2) is 12.1 Å². The van der Waals surface area contributed by atoms with Gasteiger partial charge in [-0.2, -0.15) is 0 Å². The molecule has 1 aliphatic carbocycles. The summed E-state index contributed by atoms with van der Waals surface area (Å²) in [5.74, 6) is -0.985. The molecule has 0 unspecified atom stereocenters. The van der Waals surface area contributed by atoms with E-state index in [-0.39, 0.29) is 36.9 Å². The summed E-state index contributed by atoms with van der Waals surface area (Å²) in [6, 6.07) is 6.13. The van der Waals surface area contributed by atoms with Crippen LogP contribution in [-0.4, -0.2) is 87.3 Å². The third kappa shape index (κ3) is 6.94. The number of carbonyl (C=O) groups excluding carboxylic acids is 2. The lowest BCUT2D eigenvalue weighted by Gasteiger charge is -2.40. The fraction of sp³-hybridized carbons (Fsp3) is 0.478. The van der Waals surface area contributed by atoms with Crippen LogP contribution in [0.5, 0.6) is 5.75 Å². The first-order valence-corrected chi connectivity index (χ1v) is 10.6. The van der Waals surface area contributed by atoms with Gasteiger partial charge in [-0.1, -0.05) is 18.2 Å². The topological polar surface area (TPSA) is 163 Å². The number of phenolic OH excluding ortho intramolecular Hbond substituents is 1. The van der Waals surface area contributed by atoms with Crippen molar-refractivity contribution in [3.63, 3.8) is 0 Å². The first-order chi connectivity index (χ1) is 15.7. The van der Waals surface area contributed by atoms with Crippen molar-refractivity contribution in [1.82, 2.24) is 0 Å². The molecular formula is C23H28O10. The number of aromatic hydroxyl groups is 1. The van der Waals surface area contributed by atoms with E-state index < -0.39 is 49.4 Å². The molecule has 180 valence electrons. The van der Waals surface area contributed by atoms with Gasteiger partial charge in [0, 0.05) is 18.4 Å². The van der Waals surface area contributed by atoms with E-state index in [1.54, 1.807) is 18.2 Å². The van der Waals surface area contributed by atoms with E-state index in [9.17, 15) is 35.1 Å². The smallest absolute Gasteiger partial charge is 0.330 e. The molecule has 33 heavy (non-hydrogen) atoms. The third-order valence-corrected chi connectivity index (χ3v) is 5.52. The van der Waals surface area contributed by atoms with Crippen LogP contribution in [-0.2, 0) is 23.8 Å². The van der Waals surface area contributed by atoms with Gasteiger partial charge >= 0.3 is 5.97 Å². The van der Waals surface area contributed by atoms with E-state index >= 15 is 0 Å². The minimum atomic E-state index is -1.60. The van der Waals surface area contributed by atoms with E-state index in [1.807, 2.05) is 0 Å². The fourth-order valence-corrected chi connectivity index (χ4v) is 3.54. The second-order valence-corrected chi connectivity index (χ2v) is 7.99. The highest BCUT2D eigenvalue weighted by Gasteiger charge is 2.44. The Bertz CT molecular complexity index is 864. The van der Waals surface area contributed by atoms with Gasteiger partial charge in [0.2, 0.25) is 0 Å². The van der Waals surface area contributed by atoms with Crippen molar-refractivity contribution >= 4 is 17.8 Å². The minimum absolute atomic E-state index is 0.0356. The zero-order valence-corrected chi connectivity index (χ0v) is 17.8. The fourth-order valence-electron chi connectivity index (χ4n) is 3.54. The van der Waals surface area contributed by atoms with Crippen LogP contribution in [0.4, 0.5) is 0 Å². The van der Waals surface area contributed by atoms with E-state index in [0.717, 1.165) is 6.08 Å². The lowest BCUT2D eigenvalue weighted by atomic mass is 9.98. The highest BCUT2D eigenvalue weighted by Crippen LogP contribution is 2.24. The Balaban J connectivity index is 1.46. The molecule has 1 aromatic rings. The van der Waals surface area contributed by atoms with Gasteiger partial charge in [0.05, 0.1) is 12.7 Å². The van der Waals surface area contributed by atoms with Crippen molar-refractivity contribution in [1.29, 1.82) is 0 Å². The number of hydrogen-bond acceptors (Lipinski definition) is 10. The molecule has 1 heterocycles. The molecule has 3 rings (SSSR count). The highest BCUT2D eigenvalue weighted by molar-refractivity contribution is 5.92. The van der Waals surface area contributed by atoms with E-state index in [4.69, 9.17) is 14.2 Å². The van der Waals surface area contributed by atoms with Gasteiger partial charge in [-0.25, -0.2) is 4.79 Å². The second-order valence-electron chi connectivity index (χ2n) is 7.99. The zero-order valence-electron chi connectivity index (χ0n) is 17.8. The van der Waals surface area contributed by atoms with Crippen molar-refractivity contribution in [3.05, 3.63) is 48.1 Å². The Morgan fingerprint density at radius 2 is 1.88 bits per heavy atom. The largest absolute Gasteiger partial charge is 0.508 e. The molecule has 0 spiro atoms. The molecule has 2 aliphatic rings. The van der Waals surface area contributed by atoms with Gasteiger partial charge in [-0.15, -0.1) is 0 Å². The van der Waals surface area contributed by atoms with Crippen LogP contribution < -0.4 is 0 Å². The predicted octanol–water partition coefficient (Wildman–Crippen LogP) is -0.331. The molecule has 0 amide bonds. The van der Waals surface area contributed by atoms with Crippen molar-refractivity contribution in [2.75, 3.05) is 13.2 Å². The molecule has 0 aromatic heterocycles. The molecule has 0 saturated carbocycles. The molecule has 0 radical (unpaired) electrons. The molecular weight excluding hydrogens is 436 g/mol. The Hall–Kier alpha value is -2.60. The van der Waals surface area contributed by atoms with E-state index in [0.29, 0.717) is 5.56 Å². The number of hydrogen-bond donors (Lipinski definition) is 5. The van der Waals surface area contributed by atoms with Crippen LogP contribution in [0.1, 0.15) is 18.4 Å². The van der Waals surface area contributed by atoms with Crippen molar-refractivity contribution in [2.24, 2.45) is 5.92 Å². The van der Waals surface area contributed by atoms with Crippen molar-refractivity contribution in [3.8, 4) is 5.75 Å². The van der Waals surface area contributed by atoms with Gasteiger partial charge in [0.25, 0.3) is 0 Å². The summed E-state index contributed by atoms with van der Waals surface area (Å²) in [5, 5.41) is 49.8. The van der Waals surface area contributed by atoms with Crippen LogP contribution in [0.2, 0.25) is 0 Å². The molecule has 5 N–H and O–H groups in total. The van der Waals surface area contributed by atoms with Gasteiger partial charge in [-0.3, -0.25) is 4.79 Å². The number of rotatable bonds is 9. The number of benzene rings is 1. The zero-order chi connectivity index (χ0) is 24.0. The molecule has 7 atom stereocenters. The first-order valence-electron chi connectivity index (χ1n) is 10.6. The maximum absolute atomic E-state index is 12.0. The lowest BCUT2D eigenvalue weighted by molar-refractivity contribution is -0.302. The molecule has 1 aromatic carbocycles. The predicted molar refractivity (Wildman–Crippen MR) is 114 cm³/mol. The summed E-state index contributed by atoms with van der Waals surface area (Å²) in [6.45, 7) is -0.437. The van der Waals surface area contributed by atoms with E-state index in [1.165, 1.54) is 24.3 Å². The molecule has 10 heteroatoms.